The lowest BCUT2D eigenvalue weighted by Crippen LogP contribution is -2.27. The van der Waals surface area contributed by atoms with Crippen molar-refractivity contribution in [2.24, 2.45) is 0 Å². The third kappa shape index (κ3) is 4.31. The first-order valence-corrected chi connectivity index (χ1v) is 10.2. The molecule has 0 radical (unpaired) electrons. The van der Waals surface area contributed by atoms with E-state index >= 15 is 0 Å². The molecule has 3 heterocycles. The predicted molar refractivity (Wildman–Crippen MR) is 112 cm³/mol. The molecule has 1 fully saturated rings. The van der Waals surface area contributed by atoms with Gasteiger partial charge in [0, 0.05) is 30.7 Å². The maximum Gasteiger partial charge on any atom is 0.335 e. The van der Waals surface area contributed by atoms with E-state index in [0.717, 1.165) is 22.6 Å². The Morgan fingerprint density at radius 1 is 1.30 bits per heavy atom. The van der Waals surface area contributed by atoms with Gasteiger partial charge in [-0.05, 0) is 43.7 Å². The molecule has 0 aliphatic carbocycles. The van der Waals surface area contributed by atoms with Crippen molar-refractivity contribution in [1.29, 1.82) is 0 Å². The predicted octanol–water partition coefficient (Wildman–Crippen LogP) is 2.41. The van der Waals surface area contributed by atoms with E-state index in [1.807, 2.05) is 13.0 Å². The van der Waals surface area contributed by atoms with E-state index in [1.54, 1.807) is 23.2 Å². The molecule has 30 heavy (non-hydrogen) atoms. The Kier molecular flexibility index (Phi) is 5.73. The average molecular weight is 427 g/mol. The smallest absolute Gasteiger partial charge is 0.335 e. The number of carboxylic acids is 1. The van der Waals surface area contributed by atoms with E-state index in [2.05, 4.69) is 20.5 Å². The molecular weight excluding hydrogens is 406 g/mol. The summed E-state index contributed by atoms with van der Waals surface area (Å²) >= 11 is 1.27. The molecule has 1 saturated heterocycles. The van der Waals surface area contributed by atoms with Crippen LogP contribution in [0.1, 0.15) is 33.7 Å². The number of aryl methyl sites for hydroxylation is 1. The van der Waals surface area contributed by atoms with Gasteiger partial charge >= 0.3 is 5.97 Å². The number of rotatable bonds is 6. The molecule has 156 valence electrons. The summed E-state index contributed by atoms with van der Waals surface area (Å²) in [6.45, 7) is 2.88. The standard InChI is InChI=1S/C20H21N5O4S/c1-11-8-16(22-13-4-2-12(3-5-13)20(28)29)15(9-21-11)17-23-24-18(30-17)19(27)25-7-6-14(26)10-25/h2-5,8-9,14,19,26-27H,6-7,10H2,1H3,(H,21,22)(H,28,29). The zero-order valence-electron chi connectivity index (χ0n) is 16.2. The lowest BCUT2D eigenvalue weighted by molar-refractivity contribution is 0.00969. The number of carboxylic acid groups (broad SMARTS) is 1. The Hall–Kier alpha value is -2.92. The van der Waals surface area contributed by atoms with E-state index in [9.17, 15) is 15.0 Å². The van der Waals surface area contributed by atoms with Crippen LogP contribution in [0.5, 0.6) is 0 Å². The van der Waals surface area contributed by atoms with Crippen LogP contribution in [0.15, 0.2) is 36.5 Å². The fourth-order valence-electron chi connectivity index (χ4n) is 3.28. The third-order valence-corrected chi connectivity index (χ3v) is 5.88. The van der Waals surface area contributed by atoms with Crippen molar-refractivity contribution in [3.8, 4) is 10.6 Å². The molecule has 2 aromatic heterocycles. The van der Waals surface area contributed by atoms with Crippen LogP contribution in [-0.2, 0) is 0 Å². The van der Waals surface area contributed by atoms with E-state index in [1.165, 1.54) is 23.5 Å². The molecule has 4 rings (SSSR count). The number of carbonyl (C=O) groups is 1. The lowest BCUT2D eigenvalue weighted by Gasteiger charge is -2.19. The summed E-state index contributed by atoms with van der Waals surface area (Å²) in [4.78, 5) is 17.2. The molecular formula is C20H21N5O4S. The third-order valence-electron chi connectivity index (χ3n) is 4.88. The molecule has 4 N–H and O–H groups in total. The Bertz CT molecular complexity index is 1060. The molecule has 0 spiro atoms. The molecule has 1 aromatic carbocycles. The second-order valence-electron chi connectivity index (χ2n) is 7.14. The Morgan fingerprint density at radius 3 is 2.73 bits per heavy atom. The lowest BCUT2D eigenvalue weighted by atomic mass is 10.1. The van der Waals surface area contributed by atoms with Gasteiger partial charge in [-0.15, -0.1) is 10.2 Å². The van der Waals surface area contributed by atoms with Gasteiger partial charge in [0.25, 0.3) is 0 Å². The summed E-state index contributed by atoms with van der Waals surface area (Å²) in [7, 11) is 0. The summed E-state index contributed by atoms with van der Waals surface area (Å²) in [5, 5.41) is 42.0. The number of likely N-dealkylation sites (tertiary alicyclic amines) is 1. The first-order valence-electron chi connectivity index (χ1n) is 9.41. The fraction of sp³-hybridized carbons (Fsp3) is 0.300. The van der Waals surface area contributed by atoms with Crippen LogP contribution in [0, 0.1) is 6.92 Å². The van der Waals surface area contributed by atoms with Crippen molar-refractivity contribution >= 4 is 28.7 Å². The van der Waals surface area contributed by atoms with Crippen LogP contribution in [0.3, 0.4) is 0 Å². The highest BCUT2D eigenvalue weighted by atomic mass is 32.1. The number of aliphatic hydroxyl groups excluding tert-OH is 2. The summed E-state index contributed by atoms with van der Waals surface area (Å²) < 4.78 is 0. The number of hydrogen-bond donors (Lipinski definition) is 4. The zero-order valence-corrected chi connectivity index (χ0v) is 17.0. The van der Waals surface area contributed by atoms with E-state index in [4.69, 9.17) is 5.11 Å². The number of anilines is 2. The van der Waals surface area contributed by atoms with Gasteiger partial charge in [0.2, 0.25) is 0 Å². The number of aromatic carboxylic acids is 1. The van der Waals surface area contributed by atoms with Gasteiger partial charge in [0.1, 0.15) is 0 Å². The number of hydrogen-bond acceptors (Lipinski definition) is 9. The van der Waals surface area contributed by atoms with Crippen LogP contribution in [-0.4, -0.2) is 60.6 Å². The molecule has 0 saturated carbocycles. The van der Waals surface area contributed by atoms with Gasteiger partial charge in [-0.1, -0.05) is 11.3 Å². The first kappa shape index (κ1) is 20.4. The molecule has 2 atom stereocenters. The molecule has 0 amide bonds. The number of aromatic nitrogens is 3. The Balaban J connectivity index is 1.59. The molecule has 9 nitrogen and oxygen atoms in total. The van der Waals surface area contributed by atoms with Gasteiger partial charge in [0.05, 0.1) is 22.9 Å². The minimum Gasteiger partial charge on any atom is -0.478 e. The van der Waals surface area contributed by atoms with Crippen LogP contribution in [0.2, 0.25) is 0 Å². The van der Waals surface area contributed by atoms with Crippen LogP contribution < -0.4 is 5.32 Å². The van der Waals surface area contributed by atoms with Crippen molar-refractivity contribution in [2.75, 3.05) is 18.4 Å². The van der Waals surface area contributed by atoms with Crippen LogP contribution in [0.25, 0.3) is 10.6 Å². The van der Waals surface area contributed by atoms with Gasteiger partial charge in [-0.2, -0.15) is 0 Å². The number of nitrogens with one attached hydrogen (secondary N) is 1. The number of nitrogens with zero attached hydrogens (tertiary/aromatic N) is 4. The molecule has 1 aliphatic heterocycles. The Labute approximate surface area is 176 Å². The van der Waals surface area contributed by atoms with Gasteiger partial charge in [-0.25, -0.2) is 4.79 Å². The number of pyridine rings is 1. The molecule has 2 unspecified atom stereocenters. The number of aliphatic hydroxyl groups is 2. The maximum absolute atomic E-state index is 11.0. The molecule has 3 aromatic rings. The Morgan fingerprint density at radius 2 is 2.07 bits per heavy atom. The second kappa shape index (κ2) is 8.44. The molecule has 1 aliphatic rings. The highest BCUT2D eigenvalue weighted by molar-refractivity contribution is 7.14. The zero-order chi connectivity index (χ0) is 21.3. The van der Waals surface area contributed by atoms with Gasteiger partial charge < -0.3 is 20.6 Å². The van der Waals surface area contributed by atoms with E-state index < -0.39 is 18.3 Å². The van der Waals surface area contributed by atoms with Crippen molar-refractivity contribution in [2.45, 2.75) is 25.7 Å². The van der Waals surface area contributed by atoms with Crippen LogP contribution in [0.4, 0.5) is 11.4 Å². The van der Waals surface area contributed by atoms with E-state index in [0.29, 0.717) is 29.5 Å². The largest absolute Gasteiger partial charge is 0.478 e. The summed E-state index contributed by atoms with van der Waals surface area (Å²) in [5.41, 5.74) is 3.21. The fourth-order valence-corrected chi connectivity index (χ4v) is 4.17. The normalized spacial score (nSPS) is 17.8. The topological polar surface area (TPSA) is 132 Å². The maximum atomic E-state index is 11.0. The second-order valence-corrected chi connectivity index (χ2v) is 8.14. The van der Waals surface area contributed by atoms with Crippen molar-refractivity contribution in [3.05, 3.63) is 52.8 Å². The quantitative estimate of drug-likeness (QED) is 0.468. The molecule has 0 bridgehead atoms. The highest BCUT2D eigenvalue weighted by Crippen LogP contribution is 2.35. The number of benzene rings is 1. The molecule has 10 heteroatoms. The van der Waals surface area contributed by atoms with E-state index in [-0.39, 0.29) is 5.56 Å². The summed E-state index contributed by atoms with van der Waals surface area (Å²) in [6.07, 6.45) is 0.974. The van der Waals surface area contributed by atoms with Crippen molar-refractivity contribution in [1.82, 2.24) is 20.1 Å². The highest BCUT2D eigenvalue weighted by Gasteiger charge is 2.29. The minimum absolute atomic E-state index is 0.210. The van der Waals surface area contributed by atoms with Crippen molar-refractivity contribution < 1.29 is 20.1 Å². The number of β-amino-alcohol motifs (C(OH)–C–C–N with tert-alkyl or cyclic N) is 1. The first-order chi connectivity index (χ1) is 14.4. The monoisotopic (exact) mass is 427 g/mol. The van der Waals surface area contributed by atoms with Crippen LogP contribution >= 0.6 is 11.3 Å². The average Bonchev–Trinajstić information content (AvgIpc) is 3.37. The van der Waals surface area contributed by atoms with Crippen molar-refractivity contribution in [3.63, 3.8) is 0 Å². The van der Waals surface area contributed by atoms with Gasteiger partial charge in [-0.3, -0.25) is 9.88 Å². The SMILES string of the molecule is Cc1cc(Nc2ccc(C(=O)O)cc2)c(-c2nnc(C(O)N3CCC(O)C3)s2)cn1. The van der Waals surface area contributed by atoms with Gasteiger partial charge in [0.15, 0.2) is 16.2 Å². The minimum atomic E-state index is -0.979. The summed E-state index contributed by atoms with van der Waals surface area (Å²) in [6, 6.07) is 8.31. The summed E-state index contributed by atoms with van der Waals surface area (Å²) in [5.74, 6) is -0.979.